The van der Waals surface area contributed by atoms with Crippen molar-refractivity contribution < 1.29 is 4.79 Å². The van der Waals surface area contributed by atoms with Crippen LogP contribution >= 0.6 is 0 Å². The summed E-state index contributed by atoms with van der Waals surface area (Å²) >= 11 is 0. The minimum atomic E-state index is -0.306. The van der Waals surface area contributed by atoms with E-state index in [4.69, 9.17) is 0 Å². The number of urea groups is 1. The van der Waals surface area contributed by atoms with Gasteiger partial charge in [0.15, 0.2) is 5.65 Å². The fourth-order valence-electron chi connectivity index (χ4n) is 2.76. The highest BCUT2D eigenvalue weighted by atomic mass is 16.2. The molecule has 3 aromatic heterocycles. The molecule has 3 heterocycles. The molecule has 2 N–H and O–H groups in total. The van der Waals surface area contributed by atoms with Crippen molar-refractivity contribution in [3.63, 3.8) is 0 Å². The zero-order valence-corrected chi connectivity index (χ0v) is 14.2. The molecule has 8 nitrogen and oxygen atoms in total. The molecule has 0 aromatic carbocycles. The first-order valence-electron chi connectivity index (χ1n) is 7.82. The summed E-state index contributed by atoms with van der Waals surface area (Å²) in [6.07, 6.45) is 2.52. The summed E-state index contributed by atoms with van der Waals surface area (Å²) in [4.78, 5) is 12.2. The maximum Gasteiger partial charge on any atom is 0.321 e. The molecule has 0 aliphatic carbocycles. The third-order valence-corrected chi connectivity index (χ3v) is 4.09. The van der Waals surface area contributed by atoms with Crippen LogP contribution in [0.5, 0.6) is 0 Å². The molecule has 0 saturated heterocycles. The van der Waals surface area contributed by atoms with E-state index in [0.29, 0.717) is 11.6 Å². The normalized spacial score (nSPS) is 12.3. The van der Waals surface area contributed by atoms with Gasteiger partial charge in [0.05, 0.1) is 5.69 Å². The highest BCUT2D eigenvalue weighted by Crippen LogP contribution is 2.14. The molecule has 1 unspecified atom stereocenters. The van der Waals surface area contributed by atoms with E-state index in [-0.39, 0.29) is 12.1 Å². The monoisotopic (exact) mass is 327 g/mol. The first-order valence-corrected chi connectivity index (χ1v) is 7.82. The average Bonchev–Trinajstić information content (AvgIpc) is 3.04. The first-order chi connectivity index (χ1) is 11.5. The van der Waals surface area contributed by atoms with Crippen molar-refractivity contribution in [1.29, 1.82) is 0 Å². The van der Waals surface area contributed by atoms with Gasteiger partial charge in [0, 0.05) is 25.0 Å². The molecular formula is C16H21N7O. The number of hydrogen-bond donors (Lipinski definition) is 2. The molecule has 126 valence electrons. The van der Waals surface area contributed by atoms with Crippen LogP contribution < -0.4 is 10.6 Å². The van der Waals surface area contributed by atoms with E-state index in [9.17, 15) is 4.79 Å². The summed E-state index contributed by atoms with van der Waals surface area (Å²) < 4.78 is 3.58. The standard InChI is InChI=1S/C16H21N7O/c1-10(9-13-11(2)21-22(4)12(13)3)17-16(24)18-15-20-19-14-7-5-6-8-23(14)15/h5-8,10H,9H2,1-4H3,(H2,17,18,20,24). The molecule has 0 saturated carbocycles. The Bertz CT molecular complexity index is 880. The second-order valence-corrected chi connectivity index (χ2v) is 5.93. The van der Waals surface area contributed by atoms with Crippen molar-refractivity contribution in [3.05, 3.63) is 41.3 Å². The third kappa shape index (κ3) is 3.08. The van der Waals surface area contributed by atoms with Gasteiger partial charge in [0.2, 0.25) is 5.95 Å². The van der Waals surface area contributed by atoms with Crippen molar-refractivity contribution in [2.45, 2.75) is 33.2 Å². The van der Waals surface area contributed by atoms with E-state index in [1.54, 1.807) is 10.6 Å². The van der Waals surface area contributed by atoms with Gasteiger partial charge in [0.25, 0.3) is 0 Å². The SMILES string of the molecule is Cc1nn(C)c(C)c1CC(C)NC(=O)Nc1nnc2ccccn12. The molecule has 0 fully saturated rings. The van der Waals surface area contributed by atoms with Crippen molar-refractivity contribution in [1.82, 2.24) is 29.7 Å². The molecule has 8 heteroatoms. The highest BCUT2D eigenvalue weighted by molar-refractivity contribution is 5.88. The maximum atomic E-state index is 12.2. The van der Waals surface area contributed by atoms with Crippen LogP contribution in [0.25, 0.3) is 5.65 Å². The lowest BCUT2D eigenvalue weighted by Crippen LogP contribution is -2.38. The number of aryl methyl sites for hydroxylation is 2. The molecule has 0 spiro atoms. The average molecular weight is 327 g/mol. The molecular weight excluding hydrogens is 306 g/mol. The lowest BCUT2D eigenvalue weighted by molar-refractivity contribution is 0.249. The molecule has 0 aliphatic heterocycles. The van der Waals surface area contributed by atoms with Gasteiger partial charge in [-0.15, -0.1) is 10.2 Å². The third-order valence-electron chi connectivity index (χ3n) is 4.09. The number of aromatic nitrogens is 5. The van der Waals surface area contributed by atoms with Crippen molar-refractivity contribution in [3.8, 4) is 0 Å². The molecule has 0 aliphatic rings. The summed E-state index contributed by atoms with van der Waals surface area (Å²) in [5, 5.41) is 18.1. The van der Waals surface area contributed by atoms with E-state index in [1.165, 1.54) is 5.56 Å². The number of anilines is 1. The van der Waals surface area contributed by atoms with Crippen molar-refractivity contribution in [2.75, 3.05) is 5.32 Å². The summed E-state index contributed by atoms with van der Waals surface area (Å²) in [6.45, 7) is 5.98. The minimum Gasteiger partial charge on any atom is -0.335 e. The van der Waals surface area contributed by atoms with Crippen LogP contribution in [0.1, 0.15) is 23.9 Å². The summed E-state index contributed by atoms with van der Waals surface area (Å²) in [6, 6.07) is 5.21. The quantitative estimate of drug-likeness (QED) is 0.765. The number of amides is 2. The van der Waals surface area contributed by atoms with Gasteiger partial charge in [-0.3, -0.25) is 14.4 Å². The van der Waals surface area contributed by atoms with Gasteiger partial charge in [-0.05, 0) is 44.9 Å². The summed E-state index contributed by atoms with van der Waals surface area (Å²) in [5.41, 5.74) is 3.96. The lowest BCUT2D eigenvalue weighted by atomic mass is 10.1. The fourth-order valence-corrected chi connectivity index (χ4v) is 2.76. The molecule has 3 aromatic rings. The van der Waals surface area contributed by atoms with E-state index >= 15 is 0 Å². The van der Waals surface area contributed by atoms with Gasteiger partial charge in [0.1, 0.15) is 0 Å². The molecule has 3 rings (SSSR count). The highest BCUT2D eigenvalue weighted by Gasteiger charge is 2.15. The van der Waals surface area contributed by atoms with Crippen LogP contribution in [0.15, 0.2) is 24.4 Å². The van der Waals surface area contributed by atoms with Crippen LogP contribution in [0.2, 0.25) is 0 Å². The number of hydrogen-bond acceptors (Lipinski definition) is 4. The topological polar surface area (TPSA) is 89.1 Å². The Kier molecular flexibility index (Phi) is 4.20. The van der Waals surface area contributed by atoms with Crippen LogP contribution in [-0.2, 0) is 13.5 Å². The molecule has 1 atom stereocenters. The van der Waals surface area contributed by atoms with E-state index in [1.807, 2.05) is 50.7 Å². The number of nitrogens with one attached hydrogen (secondary N) is 2. The minimum absolute atomic E-state index is 0.0363. The van der Waals surface area contributed by atoms with E-state index < -0.39 is 0 Å². The number of carbonyl (C=O) groups excluding carboxylic acids is 1. The van der Waals surface area contributed by atoms with E-state index in [2.05, 4.69) is 25.9 Å². The Morgan fingerprint density at radius 2 is 2.08 bits per heavy atom. The molecule has 0 radical (unpaired) electrons. The first kappa shape index (κ1) is 16.0. The Hall–Kier alpha value is -2.90. The van der Waals surface area contributed by atoms with Gasteiger partial charge < -0.3 is 5.32 Å². The number of pyridine rings is 1. The Labute approximate surface area is 139 Å². The second-order valence-electron chi connectivity index (χ2n) is 5.93. The summed E-state index contributed by atoms with van der Waals surface area (Å²) in [7, 11) is 1.92. The summed E-state index contributed by atoms with van der Waals surface area (Å²) in [5.74, 6) is 0.393. The molecule has 2 amide bonds. The van der Waals surface area contributed by atoms with Gasteiger partial charge >= 0.3 is 6.03 Å². The fraction of sp³-hybridized carbons (Fsp3) is 0.375. The lowest BCUT2D eigenvalue weighted by Gasteiger charge is -2.14. The smallest absolute Gasteiger partial charge is 0.321 e. The van der Waals surface area contributed by atoms with Crippen LogP contribution in [0.3, 0.4) is 0 Å². The number of rotatable bonds is 4. The zero-order chi connectivity index (χ0) is 17.3. The Morgan fingerprint density at radius 3 is 2.79 bits per heavy atom. The van der Waals surface area contributed by atoms with E-state index in [0.717, 1.165) is 17.8 Å². The molecule has 0 bridgehead atoms. The Morgan fingerprint density at radius 1 is 1.29 bits per heavy atom. The largest absolute Gasteiger partial charge is 0.335 e. The zero-order valence-electron chi connectivity index (χ0n) is 14.2. The van der Waals surface area contributed by atoms with Crippen molar-refractivity contribution >= 4 is 17.6 Å². The molecule has 24 heavy (non-hydrogen) atoms. The van der Waals surface area contributed by atoms with Crippen LogP contribution in [0, 0.1) is 13.8 Å². The number of fused-ring (bicyclic) bond motifs is 1. The van der Waals surface area contributed by atoms with Crippen LogP contribution in [0.4, 0.5) is 10.7 Å². The van der Waals surface area contributed by atoms with Gasteiger partial charge in [-0.1, -0.05) is 6.07 Å². The Balaban J connectivity index is 1.64. The maximum absolute atomic E-state index is 12.2. The van der Waals surface area contributed by atoms with Crippen LogP contribution in [-0.4, -0.2) is 36.5 Å². The number of nitrogens with zero attached hydrogens (tertiary/aromatic N) is 5. The van der Waals surface area contributed by atoms with Gasteiger partial charge in [-0.2, -0.15) is 5.10 Å². The predicted octanol–water partition coefficient (Wildman–Crippen LogP) is 1.83. The second kappa shape index (κ2) is 6.31. The number of carbonyl (C=O) groups is 1. The predicted molar refractivity (Wildman–Crippen MR) is 91.0 cm³/mol. The van der Waals surface area contributed by atoms with Gasteiger partial charge in [-0.25, -0.2) is 4.79 Å². The van der Waals surface area contributed by atoms with Crippen molar-refractivity contribution in [2.24, 2.45) is 7.05 Å².